The fraction of sp³-hybridized carbons (Fsp3) is 0.136. The molecule has 3 aromatic carbocycles. The van der Waals surface area contributed by atoms with Crippen molar-refractivity contribution in [2.45, 2.75) is 15.8 Å². The molecule has 3 rings (SSSR count). The highest BCUT2D eigenvalue weighted by molar-refractivity contribution is 9.10. The van der Waals surface area contributed by atoms with Gasteiger partial charge in [-0.1, -0.05) is 94.8 Å². The minimum absolute atomic E-state index is 0.258. The molecule has 3 aromatic rings. The monoisotopic (exact) mass is 426 g/mol. The van der Waals surface area contributed by atoms with Crippen LogP contribution in [0.5, 0.6) is 0 Å². The average molecular weight is 427 g/mol. The van der Waals surface area contributed by atoms with Gasteiger partial charge in [-0.25, -0.2) is 0 Å². The van der Waals surface area contributed by atoms with Gasteiger partial charge in [-0.15, -0.1) is 11.8 Å². The van der Waals surface area contributed by atoms with Crippen LogP contribution in [0.4, 0.5) is 0 Å². The first-order valence-electron chi connectivity index (χ1n) is 8.36. The lowest BCUT2D eigenvalue weighted by atomic mass is 10.0. The normalized spacial score (nSPS) is 11.9. The maximum absolute atomic E-state index is 12.6. The van der Waals surface area contributed by atoms with Gasteiger partial charge in [0.15, 0.2) is 6.10 Å². The zero-order valence-corrected chi connectivity index (χ0v) is 16.5. The lowest BCUT2D eigenvalue weighted by Gasteiger charge is -2.20. The Morgan fingerprint density at radius 1 is 0.808 bits per heavy atom. The largest absolute Gasteiger partial charge is 0.452 e. The van der Waals surface area contributed by atoms with E-state index in [0.717, 1.165) is 16.0 Å². The minimum atomic E-state index is -0.410. The molecule has 4 heteroatoms. The number of carbonyl (C=O) groups is 1. The zero-order valence-electron chi connectivity index (χ0n) is 14.1. The predicted octanol–water partition coefficient (Wildman–Crippen LogP) is 5.88. The van der Waals surface area contributed by atoms with E-state index >= 15 is 0 Å². The van der Waals surface area contributed by atoms with Crippen molar-refractivity contribution < 1.29 is 9.53 Å². The summed E-state index contributed by atoms with van der Waals surface area (Å²) >= 11 is 5.11. The third kappa shape index (κ3) is 5.23. The van der Waals surface area contributed by atoms with Crippen LogP contribution in [0.1, 0.15) is 17.2 Å². The smallest absolute Gasteiger partial charge is 0.321 e. The van der Waals surface area contributed by atoms with Crippen molar-refractivity contribution in [3.05, 3.63) is 102 Å². The summed E-state index contributed by atoms with van der Waals surface area (Å²) in [6.45, 7) is 0. The van der Waals surface area contributed by atoms with E-state index in [0.29, 0.717) is 5.75 Å². The highest BCUT2D eigenvalue weighted by Gasteiger charge is 2.23. The molecule has 2 nitrogen and oxygen atoms in total. The maximum atomic E-state index is 12.6. The van der Waals surface area contributed by atoms with E-state index in [2.05, 4.69) is 15.9 Å². The highest BCUT2D eigenvalue weighted by atomic mass is 79.9. The molecule has 0 aromatic heterocycles. The summed E-state index contributed by atoms with van der Waals surface area (Å²) in [7, 11) is 0. The van der Waals surface area contributed by atoms with Crippen LogP contribution >= 0.6 is 27.7 Å². The van der Waals surface area contributed by atoms with Gasteiger partial charge in [0.25, 0.3) is 0 Å². The second-order valence-corrected chi connectivity index (χ2v) is 7.93. The molecule has 0 spiro atoms. The molecule has 0 aliphatic rings. The first kappa shape index (κ1) is 18.7. The summed E-state index contributed by atoms with van der Waals surface area (Å²) in [5, 5.41) is 0. The Morgan fingerprint density at radius 2 is 1.27 bits per heavy atom. The molecule has 0 saturated carbocycles. The molecule has 0 aliphatic carbocycles. The van der Waals surface area contributed by atoms with Crippen molar-refractivity contribution in [1.82, 2.24) is 0 Å². The Hall–Kier alpha value is -2.04. The van der Waals surface area contributed by atoms with Crippen molar-refractivity contribution >= 4 is 33.7 Å². The van der Waals surface area contributed by atoms with Crippen LogP contribution in [0.25, 0.3) is 0 Å². The van der Waals surface area contributed by atoms with Crippen LogP contribution < -0.4 is 0 Å². The SMILES string of the molecule is O=C(OC(c1ccccc1)c1ccccc1)C(Br)CSc1ccccc1. The summed E-state index contributed by atoms with van der Waals surface area (Å²) in [5.74, 6) is 0.352. The van der Waals surface area contributed by atoms with Gasteiger partial charge in [0.2, 0.25) is 0 Å². The van der Waals surface area contributed by atoms with E-state index in [1.807, 2.05) is 91.0 Å². The molecule has 0 heterocycles. The molecule has 0 fully saturated rings. The summed E-state index contributed by atoms with van der Waals surface area (Å²) in [6, 6.07) is 29.7. The third-order valence-corrected chi connectivity index (χ3v) is 6.07. The number of hydrogen-bond acceptors (Lipinski definition) is 3. The van der Waals surface area contributed by atoms with E-state index in [9.17, 15) is 4.79 Å². The molecule has 0 saturated heterocycles. The predicted molar refractivity (Wildman–Crippen MR) is 111 cm³/mol. The molecule has 0 N–H and O–H groups in total. The lowest BCUT2D eigenvalue weighted by molar-refractivity contribution is -0.146. The van der Waals surface area contributed by atoms with Gasteiger partial charge in [-0.2, -0.15) is 0 Å². The fourth-order valence-electron chi connectivity index (χ4n) is 2.53. The van der Waals surface area contributed by atoms with Crippen LogP contribution in [0.3, 0.4) is 0 Å². The molecule has 26 heavy (non-hydrogen) atoms. The number of carbonyl (C=O) groups excluding carboxylic acids is 1. The molecule has 0 amide bonds. The number of alkyl halides is 1. The van der Waals surface area contributed by atoms with Crippen molar-refractivity contribution in [3.63, 3.8) is 0 Å². The Labute approximate surface area is 166 Å². The molecular weight excluding hydrogens is 408 g/mol. The van der Waals surface area contributed by atoms with Gasteiger partial charge in [-0.05, 0) is 23.3 Å². The average Bonchev–Trinajstić information content (AvgIpc) is 2.72. The van der Waals surface area contributed by atoms with Gasteiger partial charge in [0.1, 0.15) is 4.83 Å². The van der Waals surface area contributed by atoms with Crippen LogP contribution in [-0.2, 0) is 9.53 Å². The molecule has 132 valence electrons. The summed E-state index contributed by atoms with van der Waals surface area (Å²) in [5.41, 5.74) is 1.92. The standard InChI is InChI=1S/C22H19BrO2S/c23-20(16-26-19-14-8-3-9-15-19)22(24)25-21(17-10-4-1-5-11-17)18-12-6-2-7-13-18/h1-15,20-21H,16H2. The number of benzene rings is 3. The number of esters is 1. The topological polar surface area (TPSA) is 26.3 Å². The van der Waals surface area contributed by atoms with E-state index in [-0.39, 0.29) is 10.8 Å². The first-order valence-corrected chi connectivity index (χ1v) is 10.3. The Kier molecular flexibility index (Phi) is 6.92. The number of ether oxygens (including phenoxy) is 1. The van der Waals surface area contributed by atoms with Gasteiger partial charge in [0, 0.05) is 10.6 Å². The second-order valence-electron chi connectivity index (χ2n) is 5.73. The van der Waals surface area contributed by atoms with Crippen LogP contribution in [0.2, 0.25) is 0 Å². The fourth-order valence-corrected chi connectivity index (χ4v) is 3.86. The molecule has 1 unspecified atom stereocenters. The minimum Gasteiger partial charge on any atom is -0.452 e. The number of hydrogen-bond donors (Lipinski definition) is 0. The molecule has 0 bridgehead atoms. The van der Waals surface area contributed by atoms with Crippen LogP contribution in [-0.4, -0.2) is 16.5 Å². The van der Waals surface area contributed by atoms with Gasteiger partial charge in [-0.3, -0.25) is 4.79 Å². The molecule has 0 aliphatic heterocycles. The number of rotatable bonds is 7. The molecular formula is C22H19BrO2S. The second kappa shape index (κ2) is 9.60. The highest BCUT2D eigenvalue weighted by Crippen LogP contribution is 2.28. The maximum Gasteiger partial charge on any atom is 0.321 e. The van der Waals surface area contributed by atoms with E-state index in [4.69, 9.17) is 4.74 Å². The van der Waals surface area contributed by atoms with Crippen molar-refractivity contribution in [3.8, 4) is 0 Å². The Bertz CT molecular complexity index is 770. The summed E-state index contributed by atoms with van der Waals surface area (Å²) in [6.07, 6.45) is -0.410. The third-order valence-electron chi connectivity index (χ3n) is 3.83. The van der Waals surface area contributed by atoms with Crippen molar-refractivity contribution in [1.29, 1.82) is 0 Å². The van der Waals surface area contributed by atoms with Gasteiger partial charge < -0.3 is 4.74 Å². The van der Waals surface area contributed by atoms with Gasteiger partial charge >= 0.3 is 5.97 Å². The van der Waals surface area contributed by atoms with Crippen LogP contribution in [0, 0.1) is 0 Å². The van der Waals surface area contributed by atoms with Gasteiger partial charge in [0.05, 0.1) is 0 Å². The quantitative estimate of drug-likeness (QED) is 0.268. The van der Waals surface area contributed by atoms with E-state index in [1.165, 1.54) is 0 Å². The Morgan fingerprint density at radius 3 is 1.77 bits per heavy atom. The zero-order chi connectivity index (χ0) is 18.2. The molecule has 1 atom stereocenters. The number of halogens is 1. The van der Waals surface area contributed by atoms with Crippen molar-refractivity contribution in [2.24, 2.45) is 0 Å². The Balaban J connectivity index is 1.69. The van der Waals surface area contributed by atoms with Crippen LogP contribution in [0.15, 0.2) is 95.9 Å². The van der Waals surface area contributed by atoms with E-state index in [1.54, 1.807) is 11.8 Å². The molecule has 0 radical (unpaired) electrons. The first-order chi connectivity index (χ1) is 12.7. The number of thioether (sulfide) groups is 1. The van der Waals surface area contributed by atoms with E-state index < -0.39 is 6.10 Å². The summed E-state index contributed by atoms with van der Waals surface area (Å²) in [4.78, 5) is 13.4. The lowest BCUT2D eigenvalue weighted by Crippen LogP contribution is -2.22. The summed E-state index contributed by atoms with van der Waals surface area (Å²) < 4.78 is 5.87. The van der Waals surface area contributed by atoms with Crippen molar-refractivity contribution in [2.75, 3.05) is 5.75 Å².